The molecule has 34 heavy (non-hydrogen) atoms. The minimum absolute atomic E-state index is 0.0738. The fraction of sp³-hybridized carbons (Fsp3) is 0.583. The largest absolute Gasteiger partial charge is 0.467 e. The van der Waals surface area contributed by atoms with E-state index in [1.807, 2.05) is 30.3 Å². The van der Waals surface area contributed by atoms with Gasteiger partial charge in [0.05, 0.1) is 13.2 Å². The van der Waals surface area contributed by atoms with E-state index in [1.165, 1.54) is 7.11 Å². The average molecular weight is 475 g/mol. The van der Waals surface area contributed by atoms with Crippen LogP contribution in [0, 0.1) is 5.92 Å². The minimum Gasteiger partial charge on any atom is -0.467 e. The van der Waals surface area contributed by atoms with E-state index in [4.69, 9.17) is 9.47 Å². The van der Waals surface area contributed by atoms with Gasteiger partial charge >= 0.3 is 12.1 Å². The molecule has 2 aliphatic rings. The molecule has 0 bridgehead atoms. The van der Waals surface area contributed by atoms with Crippen LogP contribution in [0.2, 0.25) is 0 Å². The van der Waals surface area contributed by atoms with Crippen LogP contribution in [0.15, 0.2) is 30.3 Å². The first-order chi connectivity index (χ1) is 16.5. The second kappa shape index (κ2) is 12.9. The predicted octanol–water partition coefficient (Wildman–Crippen LogP) is 0.998. The first-order valence-corrected chi connectivity index (χ1v) is 11.8. The Morgan fingerprint density at radius 2 is 1.85 bits per heavy atom. The lowest BCUT2D eigenvalue weighted by atomic mass is 10.1. The predicted molar refractivity (Wildman–Crippen MR) is 123 cm³/mol. The van der Waals surface area contributed by atoms with Gasteiger partial charge in [-0.05, 0) is 56.6 Å². The highest BCUT2D eigenvalue weighted by atomic mass is 16.5. The quantitative estimate of drug-likeness (QED) is 0.262. The third-order valence-electron chi connectivity index (χ3n) is 6.00. The molecule has 1 aromatic rings. The van der Waals surface area contributed by atoms with Gasteiger partial charge in [-0.1, -0.05) is 30.3 Å². The number of amides is 3. The summed E-state index contributed by atoms with van der Waals surface area (Å²) in [6, 6.07) is 7.50. The molecule has 1 saturated heterocycles. The van der Waals surface area contributed by atoms with E-state index in [9.17, 15) is 19.2 Å². The molecule has 2 fully saturated rings. The Hall–Kier alpha value is -3.14. The first-order valence-electron chi connectivity index (χ1n) is 11.8. The van der Waals surface area contributed by atoms with Gasteiger partial charge in [-0.2, -0.15) is 0 Å². The molecule has 4 N–H and O–H groups in total. The molecule has 10 nitrogen and oxygen atoms in total. The van der Waals surface area contributed by atoms with Crippen LogP contribution in [-0.4, -0.2) is 62.2 Å². The molecule has 3 atom stereocenters. The Balaban J connectivity index is 1.43. The summed E-state index contributed by atoms with van der Waals surface area (Å²) in [6.45, 7) is 1.22. The van der Waals surface area contributed by atoms with Gasteiger partial charge in [0.1, 0.15) is 18.7 Å². The summed E-state index contributed by atoms with van der Waals surface area (Å²) >= 11 is 0. The van der Waals surface area contributed by atoms with Gasteiger partial charge in [0, 0.05) is 6.54 Å². The molecular weight excluding hydrogens is 440 g/mol. The Morgan fingerprint density at radius 3 is 2.50 bits per heavy atom. The van der Waals surface area contributed by atoms with E-state index in [2.05, 4.69) is 21.3 Å². The molecule has 1 heterocycles. The molecule has 0 unspecified atom stereocenters. The number of alkyl carbamates (subject to hydrolysis) is 1. The van der Waals surface area contributed by atoms with E-state index >= 15 is 0 Å². The fourth-order valence-corrected chi connectivity index (χ4v) is 3.91. The number of nitrogens with one attached hydrogen (secondary N) is 4. The number of methoxy groups -OCH3 is 1. The number of ether oxygens (including phenoxy) is 2. The topological polar surface area (TPSA) is 135 Å². The summed E-state index contributed by atoms with van der Waals surface area (Å²) in [4.78, 5) is 49.5. The molecular formula is C24H34N4O6. The van der Waals surface area contributed by atoms with Crippen LogP contribution in [0.5, 0.6) is 0 Å². The number of benzene rings is 1. The van der Waals surface area contributed by atoms with Crippen LogP contribution in [0.3, 0.4) is 0 Å². The number of hydrogen-bond donors (Lipinski definition) is 4. The third kappa shape index (κ3) is 8.02. The smallest absolute Gasteiger partial charge is 0.407 e. The lowest BCUT2D eigenvalue weighted by molar-refractivity contribution is -0.145. The minimum atomic E-state index is -0.873. The van der Waals surface area contributed by atoms with Crippen molar-refractivity contribution in [1.29, 1.82) is 0 Å². The van der Waals surface area contributed by atoms with E-state index in [0.29, 0.717) is 6.42 Å². The Labute approximate surface area is 199 Å². The van der Waals surface area contributed by atoms with Crippen LogP contribution in [0.1, 0.15) is 44.1 Å². The maximum atomic E-state index is 12.9. The normalized spacial score (nSPS) is 18.9. The molecule has 1 aromatic carbocycles. The zero-order valence-corrected chi connectivity index (χ0v) is 19.5. The number of hydrogen-bond acceptors (Lipinski definition) is 7. The molecule has 186 valence electrons. The molecule has 3 rings (SSSR count). The summed E-state index contributed by atoms with van der Waals surface area (Å²) in [5.74, 6) is -1.07. The van der Waals surface area contributed by atoms with Crippen LogP contribution < -0.4 is 21.3 Å². The Morgan fingerprint density at radius 1 is 1.09 bits per heavy atom. The number of esters is 1. The number of carbonyl (C=O) groups excluding carboxylic acids is 4. The molecule has 0 spiro atoms. The van der Waals surface area contributed by atoms with Gasteiger partial charge in [0.2, 0.25) is 11.8 Å². The Kier molecular flexibility index (Phi) is 9.69. The van der Waals surface area contributed by atoms with Gasteiger partial charge in [-0.25, -0.2) is 9.59 Å². The molecule has 1 aliphatic carbocycles. The second-order valence-electron chi connectivity index (χ2n) is 8.69. The van der Waals surface area contributed by atoms with Gasteiger partial charge in [-0.15, -0.1) is 0 Å². The first kappa shape index (κ1) is 25.5. The van der Waals surface area contributed by atoms with Gasteiger partial charge in [-0.3, -0.25) is 9.59 Å². The zero-order chi connectivity index (χ0) is 24.3. The van der Waals surface area contributed by atoms with Crippen molar-refractivity contribution in [2.45, 2.75) is 63.3 Å². The van der Waals surface area contributed by atoms with E-state index in [1.54, 1.807) is 0 Å². The Bertz CT molecular complexity index is 839. The van der Waals surface area contributed by atoms with Crippen molar-refractivity contribution in [2.75, 3.05) is 20.2 Å². The average Bonchev–Trinajstić information content (AvgIpc) is 3.54. The maximum Gasteiger partial charge on any atom is 0.407 e. The van der Waals surface area contributed by atoms with Gasteiger partial charge in [0.25, 0.3) is 0 Å². The summed E-state index contributed by atoms with van der Waals surface area (Å²) in [7, 11) is 1.26. The summed E-state index contributed by atoms with van der Waals surface area (Å²) in [6.07, 6.45) is 3.52. The van der Waals surface area contributed by atoms with Crippen molar-refractivity contribution in [3.8, 4) is 0 Å². The number of carbonyl (C=O) groups is 4. The van der Waals surface area contributed by atoms with E-state index < -0.39 is 24.1 Å². The molecule has 3 amide bonds. The van der Waals surface area contributed by atoms with Crippen molar-refractivity contribution in [3.63, 3.8) is 0 Å². The van der Waals surface area contributed by atoms with Gasteiger partial charge in [0.15, 0.2) is 0 Å². The zero-order valence-electron chi connectivity index (χ0n) is 19.5. The lowest BCUT2D eigenvalue weighted by Crippen LogP contribution is -2.55. The number of rotatable bonds is 12. The summed E-state index contributed by atoms with van der Waals surface area (Å²) in [5.41, 5.74) is 0.882. The van der Waals surface area contributed by atoms with Crippen molar-refractivity contribution >= 4 is 23.9 Å². The highest BCUT2D eigenvalue weighted by molar-refractivity contribution is 5.92. The fourth-order valence-electron chi connectivity index (χ4n) is 3.91. The van der Waals surface area contributed by atoms with Crippen molar-refractivity contribution in [3.05, 3.63) is 35.9 Å². The maximum absolute atomic E-state index is 12.9. The van der Waals surface area contributed by atoms with Gasteiger partial charge < -0.3 is 30.7 Å². The lowest BCUT2D eigenvalue weighted by Gasteiger charge is -2.23. The van der Waals surface area contributed by atoms with Crippen LogP contribution in [0.25, 0.3) is 0 Å². The second-order valence-corrected chi connectivity index (χ2v) is 8.69. The monoisotopic (exact) mass is 474 g/mol. The highest BCUT2D eigenvalue weighted by Gasteiger charge is 2.39. The molecule has 0 aromatic heterocycles. The summed E-state index contributed by atoms with van der Waals surface area (Å²) < 4.78 is 9.99. The van der Waals surface area contributed by atoms with Crippen LogP contribution in [0.4, 0.5) is 4.79 Å². The van der Waals surface area contributed by atoms with Crippen LogP contribution in [-0.2, 0) is 30.5 Å². The SMILES string of the molecule is COC(=O)[C@H](CCCNC(=O)OCc1ccccc1)NC(=O)[C@@H](NC(=O)[C@@H]1CCCN1)C1CC1. The summed E-state index contributed by atoms with van der Waals surface area (Å²) in [5, 5.41) is 11.3. The van der Waals surface area contributed by atoms with Crippen molar-refractivity contribution in [1.82, 2.24) is 21.3 Å². The van der Waals surface area contributed by atoms with Crippen molar-refractivity contribution < 1.29 is 28.7 Å². The highest BCUT2D eigenvalue weighted by Crippen LogP contribution is 2.33. The van der Waals surface area contributed by atoms with Crippen molar-refractivity contribution in [2.24, 2.45) is 5.92 Å². The molecule has 1 aliphatic heterocycles. The van der Waals surface area contributed by atoms with E-state index in [-0.39, 0.29) is 43.3 Å². The molecule has 1 saturated carbocycles. The standard InChI is InChI=1S/C24H34N4O6/c1-33-23(31)19(10-6-14-26-24(32)34-15-16-7-3-2-4-8-16)27-22(30)20(17-11-12-17)28-21(29)18-9-5-13-25-18/h2-4,7-8,17-20,25H,5-6,9-15H2,1H3,(H,26,32)(H,27,30)(H,28,29)/t18-,19-,20-/m0/s1. The molecule has 0 radical (unpaired) electrons. The third-order valence-corrected chi connectivity index (χ3v) is 6.00. The van der Waals surface area contributed by atoms with E-state index in [0.717, 1.165) is 37.8 Å². The van der Waals surface area contributed by atoms with Crippen LogP contribution >= 0.6 is 0 Å². The molecule has 10 heteroatoms.